The van der Waals surface area contributed by atoms with Crippen LogP contribution in [0.15, 0.2) is 36.4 Å². The van der Waals surface area contributed by atoms with Crippen molar-refractivity contribution in [3.8, 4) is 5.75 Å². The average Bonchev–Trinajstić information content (AvgIpc) is 2.47. The first-order valence-electron chi connectivity index (χ1n) is 6.81. The highest BCUT2D eigenvalue weighted by molar-refractivity contribution is 14.1. The fourth-order valence-electron chi connectivity index (χ4n) is 2.44. The molecule has 1 atom stereocenters. The van der Waals surface area contributed by atoms with Gasteiger partial charge in [0.25, 0.3) is 0 Å². The van der Waals surface area contributed by atoms with Gasteiger partial charge in [0, 0.05) is 14.6 Å². The van der Waals surface area contributed by atoms with Crippen molar-refractivity contribution in [2.24, 2.45) is 0 Å². The first-order chi connectivity index (χ1) is 10.0. The van der Waals surface area contributed by atoms with Crippen LogP contribution in [-0.2, 0) is 6.42 Å². The molecule has 4 heteroatoms. The van der Waals surface area contributed by atoms with Crippen molar-refractivity contribution >= 4 is 34.2 Å². The van der Waals surface area contributed by atoms with Crippen LogP contribution in [0.2, 0.25) is 5.02 Å². The molecule has 2 nitrogen and oxygen atoms in total. The summed E-state index contributed by atoms with van der Waals surface area (Å²) in [5, 5.41) is 4.15. The molecular weight excluding hydrogens is 397 g/mol. The largest absolute Gasteiger partial charge is 0.496 e. The molecule has 0 radical (unpaired) electrons. The van der Waals surface area contributed by atoms with Gasteiger partial charge in [-0.05, 0) is 78.4 Å². The number of likely N-dealkylation sites (N-methyl/N-ethyl adjacent to an activating group) is 1. The quantitative estimate of drug-likeness (QED) is 0.711. The van der Waals surface area contributed by atoms with Gasteiger partial charge in [-0.3, -0.25) is 0 Å². The van der Waals surface area contributed by atoms with Gasteiger partial charge in [-0.15, -0.1) is 0 Å². The Labute approximate surface area is 145 Å². The van der Waals surface area contributed by atoms with E-state index in [1.54, 1.807) is 7.11 Å². The number of hydrogen-bond donors (Lipinski definition) is 1. The van der Waals surface area contributed by atoms with Crippen molar-refractivity contribution in [1.82, 2.24) is 5.32 Å². The Morgan fingerprint density at radius 3 is 2.67 bits per heavy atom. The Bertz CT molecular complexity index is 630. The predicted octanol–water partition coefficient (Wildman–Crippen LogP) is 4.76. The molecule has 112 valence electrons. The van der Waals surface area contributed by atoms with E-state index in [2.05, 4.69) is 53.0 Å². The number of methoxy groups -OCH3 is 1. The molecule has 0 aliphatic heterocycles. The number of benzene rings is 2. The van der Waals surface area contributed by atoms with E-state index < -0.39 is 0 Å². The molecule has 1 unspecified atom stereocenters. The fourth-order valence-corrected chi connectivity index (χ4v) is 3.33. The van der Waals surface area contributed by atoms with E-state index in [0.29, 0.717) is 0 Å². The van der Waals surface area contributed by atoms with Crippen LogP contribution in [0.1, 0.15) is 22.7 Å². The summed E-state index contributed by atoms with van der Waals surface area (Å²) in [4.78, 5) is 0. The third-order valence-electron chi connectivity index (χ3n) is 3.54. The summed E-state index contributed by atoms with van der Waals surface area (Å²) in [7, 11) is 3.69. The second-order valence-corrected chi connectivity index (χ2v) is 6.63. The van der Waals surface area contributed by atoms with E-state index >= 15 is 0 Å². The standard InChI is InChI=1S/C17H19ClINO/c1-11-4-7-17(21-3)12(8-11)9-16(20-2)14-10-13(18)5-6-15(14)19/h4-8,10,16,20H,9H2,1-3H3. The predicted molar refractivity (Wildman–Crippen MR) is 97.4 cm³/mol. The van der Waals surface area contributed by atoms with Gasteiger partial charge in [0.15, 0.2) is 0 Å². The van der Waals surface area contributed by atoms with Crippen LogP contribution >= 0.6 is 34.2 Å². The summed E-state index contributed by atoms with van der Waals surface area (Å²) in [6.45, 7) is 2.10. The minimum atomic E-state index is 0.200. The zero-order chi connectivity index (χ0) is 15.4. The third-order valence-corrected chi connectivity index (χ3v) is 4.76. The van der Waals surface area contributed by atoms with Crippen LogP contribution in [0.25, 0.3) is 0 Å². The van der Waals surface area contributed by atoms with Crippen LogP contribution in [0.4, 0.5) is 0 Å². The molecule has 21 heavy (non-hydrogen) atoms. The number of aryl methyl sites for hydroxylation is 1. The Hall–Kier alpha value is -0.780. The Kier molecular flexibility index (Phi) is 5.90. The topological polar surface area (TPSA) is 21.3 Å². The molecule has 0 fully saturated rings. The maximum atomic E-state index is 6.15. The zero-order valence-electron chi connectivity index (χ0n) is 12.4. The van der Waals surface area contributed by atoms with Crippen molar-refractivity contribution < 1.29 is 4.74 Å². The summed E-state index contributed by atoms with van der Waals surface area (Å²) in [5.41, 5.74) is 3.66. The van der Waals surface area contributed by atoms with E-state index in [9.17, 15) is 0 Å². The molecule has 0 saturated carbocycles. The maximum Gasteiger partial charge on any atom is 0.122 e. The number of ether oxygens (including phenoxy) is 1. The zero-order valence-corrected chi connectivity index (χ0v) is 15.3. The highest BCUT2D eigenvalue weighted by Gasteiger charge is 2.16. The highest BCUT2D eigenvalue weighted by Crippen LogP contribution is 2.29. The first kappa shape index (κ1) is 16.6. The lowest BCUT2D eigenvalue weighted by molar-refractivity contribution is 0.406. The number of halogens is 2. The molecule has 0 spiro atoms. The van der Waals surface area contributed by atoms with Gasteiger partial charge in [0.05, 0.1) is 7.11 Å². The summed E-state index contributed by atoms with van der Waals surface area (Å²) < 4.78 is 6.69. The van der Waals surface area contributed by atoms with E-state index in [1.165, 1.54) is 20.3 Å². The smallest absolute Gasteiger partial charge is 0.122 e. The van der Waals surface area contributed by atoms with E-state index in [-0.39, 0.29) is 6.04 Å². The van der Waals surface area contributed by atoms with Gasteiger partial charge in [0.1, 0.15) is 5.75 Å². The van der Waals surface area contributed by atoms with Crippen LogP contribution in [0, 0.1) is 10.5 Å². The molecule has 0 aromatic heterocycles. The molecule has 0 heterocycles. The third kappa shape index (κ3) is 4.11. The highest BCUT2D eigenvalue weighted by atomic mass is 127. The van der Waals surface area contributed by atoms with Gasteiger partial charge in [-0.1, -0.05) is 29.3 Å². The van der Waals surface area contributed by atoms with Gasteiger partial charge in [0.2, 0.25) is 0 Å². The lowest BCUT2D eigenvalue weighted by Crippen LogP contribution is -2.20. The molecule has 2 rings (SSSR count). The Morgan fingerprint density at radius 2 is 2.00 bits per heavy atom. The van der Waals surface area contributed by atoms with Crippen LogP contribution < -0.4 is 10.1 Å². The van der Waals surface area contributed by atoms with Crippen LogP contribution in [-0.4, -0.2) is 14.2 Å². The Morgan fingerprint density at radius 1 is 1.24 bits per heavy atom. The number of hydrogen-bond acceptors (Lipinski definition) is 2. The minimum Gasteiger partial charge on any atom is -0.496 e. The van der Waals surface area contributed by atoms with Gasteiger partial charge >= 0.3 is 0 Å². The lowest BCUT2D eigenvalue weighted by Gasteiger charge is -2.20. The molecule has 1 N–H and O–H groups in total. The van der Waals surface area contributed by atoms with Gasteiger partial charge in [-0.25, -0.2) is 0 Å². The molecule has 2 aromatic carbocycles. The van der Waals surface area contributed by atoms with Crippen molar-refractivity contribution in [3.05, 3.63) is 61.7 Å². The molecular formula is C17H19ClINO. The summed E-state index contributed by atoms with van der Waals surface area (Å²) in [6.07, 6.45) is 0.859. The maximum absolute atomic E-state index is 6.15. The van der Waals surface area contributed by atoms with Crippen molar-refractivity contribution in [1.29, 1.82) is 0 Å². The van der Waals surface area contributed by atoms with Crippen molar-refractivity contribution in [2.45, 2.75) is 19.4 Å². The molecule has 0 amide bonds. The number of nitrogens with one attached hydrogen (secondary N) is 1. The molecule has 2 aromatic rings. The molecule has 0 saturated heterocycles. The fraction of sp³-hybridized carbons (Fsp3) is 0.294. The SMILES string of the molecule is CNC(Cc1cc(C)ccc1OC)c1cc(Cl)ccc1I. The molecule has 0 aliphatic carbocycles. The van der Waals surface area contributed by atoms with E-state index in [1.807, 2.05) is 25.2 Å². The molecule has 0 aliphatic rings. The average molecular weight is 416 g/mol. The van der Waals surface area contributed by atoms with Gasteiger partial charge < -0.3 is 10.1 Å². The summed E-state index contributed by atoms with van der Waals surface area (Å²) in [5.74, 6) is 0.929. The van der Waals surface area contributed by atoms with Crippen LogP contribution in [0.3, 0.4) is 0 Å². The number of rotatable bonds is 5. The lowest BCUT2D eigenvalue weighted by atomic mass is 9.97. The van der Waals surface area contributed by atoms with E-state index in [0.717, 1.165) is 17.2 Å². The summed E-state index contributed by atoms with van der Waals surface area (Å²) in [6, 6.07) is 12.5. The van der Waals surface area contributed by atoms with Gasteiger partial charge in [-0.2, -0.15) is 0 Å². The van der Waals surface area contributed by atoms with E-state index in [4.69, 9.17) is 16.3 Å². The Balaban J connectivity index is 2.35. The minimum absolute atomic E-state index is 0.200. The first-order valence-corrected chi connectivity index (χ1v) is 8.26. The molecule has 0 bridgehead atoms. The summed E-state index contributed by atoms with van der Waals surface area (Å²) >= 11 is 8.50. The van der Waals surface area contributed by atoms with Crippen molar-refractivity contribution in [3.63, 3.8) is 0 Å². The normalized spacial score (nSPS) is 12.2. The monoisotopic (exact) mass is 415 g/mol. The second-order valence-electron chi connectivity index (χ2n) is 5.03. The van der Waals surface area contributed by atoms with Crippen LogP contribution in [0.5, 0.6) is 5.75 Å². The second kappa shape index (κ2) is 7.47. The van der Waals surface area contributed by atoms with Crippen molar-refractivity contribution in [2.75, 3.05) is 14.2 Å².